The number of rotatable bonds is 2. The van der Waals surface area contributed by atoms with Gasteiger partial charge in [0, 0.05) is 35.9 Å². The molecule has 2 spiro atoms. The van der Waals surface area contributed by atoms with Gasteiger partial charge >= 0.3 is 0 Å². The van der Waals surface area contributed by atoms with Crippen LogP contribution >= 0.6 is 0 Å². The van der Waals surface area contributed by atoms with Gasteiger partial charge in [-0.3, -0.25) is 9.88 Å². The summed E-state index contributed by atoms with van der Waals surface area (Å²) in [7, 11) is 0. The molecule has 3 nitrogen and oxygen atoms in total. The Balaban J connectivity index is 1.08. The molecule has 8 atom stereocenters. The molecule has 5 unspecified atom stereocenters. The average Bonchev–Trinajstić information content (AvgIpc) is 3.11. The van der Waals surface area contributed by atoms with Crippen molar-refractivity contribution in [3.63, 3.8) is 0 Å². The second-order valence-corrected chi connectivity index (χ2v) is 13.2. The van der Waals surface area contributed by atoms with Gasteiger partial charge in [0.1, 0.15) is 0 Å². The van der Waals surface area contributed by atoms with E-state index in [1.54, 1.807) is 11.1 Å². The number of benzene rings is 1. The standard InChI is InChI=1S/C32H36N2O/c1-30-12-10-24-17-23-4-5-25(34-27-7-8-28(27)34)18-31(23)13-14-32(24,35-31)29(30)9-6-26(30)21-3-2-20-11-15-33-19-22(20)16-21/h2-3,10-11,15-17,19,25-29H,4-9,12-14,18H2,1H3/t25?,26?,27?,28?,29-,30?,31-,32-,34?/m1/s1. The quantitative estimate of drug-likeness (QED) is 0.463. The zero-order valence-corrected chi connectivity index (χ0v) is 20.9. The number of fused-ring (bicyclic) bond motifs is 3. The second-order valence-electron chi connectivity index (χ2n) is 13.2. The molecule has 7 aliphatic rings. The summed E-state index contributed by atoms with van der Waals surface area (Å²) in [6.45, 7) is 2.59. The summed E-state index contributed by atoms with van der Waals surface area (Å²) >= 11 is 0. The maximum atomic E-state index is 7.54. The molecule has 1 aromatic carbocycles. The first kappa shape index (κ1) is 20.1. The molecule has 1 aromatic heterocycles. The maximum Gasteiger partial charge on any atom is 0.0974 e. The Bertz CT molecular complexity index is 1320. The minimum Gasteiger partial charge on any atom is -0.359 e. The van der Waals surface area contributed by atoms with Crippen molar-refractivity contribution in [1.29, 1.82) is 0 Å². The highest BCUT2D eigenvalue weighted by molar-refractivity contribution is 5.82. The van der Waals surface area contributed by atoms with Gasteiger partial charge in [-0.25, -0.2) is 0 Å². The van der Waals surface area contributed by atoms with Crippen LogP contribution in [0.1, 0.15) is 82.6 Å². The van der Waals surface area contributed by atoms with Crippen LogP contribution < -0.4 is 0 Å². The van der Waals surface area contributed by atoms with Crippen molar-refractivity contribution in [2.24, 2.45) is 11.3 Å². The number of aromatic nitrogens is 1. The van der Waals surface area contributed by atoms with Crippen LogP contribution in [0.4, 0.5) is 0 Å². The Morgan fingerprint density at radius 2 is 1.91 bits per heavy atom. The third-order valence-corrected chi connectivity index (χ3v) is 12.0. The van der Waals surface area contributed by atoms with E-state index >= 15 is 0 Å². The molecule has 9 rings (SSSR count). The number of pyridine rings is 1. The van der Waals surface area contributed by atoms with Crippen LogP contribution in [0.25, 0.3) is 10.8 Å². The molecule has 2 bridgehead atoms. The van der Waals surface area contributed by atoms with E-state index < -0.39 is 0 Å². The molecule has 180 valence electrons. The van der Waals surface area contributed by atoms with Gasteiger partial charge in [0.15, 0.2) is 0 Å². The monoisotopic (exact) mass is 464 g/mol. The van der Waals surface area contributed by atoms with Crippen molar-refractivity contribution >= 4 is 10.8 Å². The molecule has 0 amide bonds. The first-order chi connectivity index (χ1) is 17.1. The highest BCUT2D eigenvalue weighted by Gasteiger charge is 2.68. The molecule has 2 saturated heterocycles. The Morgan fingerprint density at radius 1 is 1.00 bits per heavy atom. The van der Waals surface area contributed by atoms with Gasteiger partial charge in [-0.1, -0.05) is 31.2 Å². The molecule has 3 heteroatoms. The normalized spacial score (nSPS) is 48.7. The van der Waals surface area contributed by atoms with Crippen molar-refractivity contribution < 1.29 is 4.74 Å². The number of ether oxygens (including phenoxy) is 1. The molecule has 0 N–H and O–H groups in total. The second kappa shape index (κ2) is 6.47. The van der Waals surface area contributed by atoms with Crippen molar-refractivity contribution in [3.8, 4) is 0 Å². The first-order valence-electron chi connectivity index (χ1n) is 14.3. The van der Waals surface area contributed by atoms with E-state index in [9.17, 15) is 0 Å². The smallest absolute Gasteiger partial charge is 0.0974 e. The molecular formula is C32H36N2O. The largest absolute Gasteiger partial charge is 0.359 e. The van der Waals surface area contributed by atoms with E-state index in [1.165, 1.54) is 80.5 Å². The predicted octanol–water partition coefficient (Wildman–Crippen LogP) is 6.69. The summed E-state index contributed by atoms with van der Waals surface area (Å²) in [5, 5.41) is 2.58. The Hall–Kier alpha value is -1.97. The Morgan fingerprint density at radius 3 is 2.80 bits per heavy atom. The van der Waals surface area contributed by atoms with Gasteiger partial charge in [-0.05, 0) is 116 Å². The van der Waals surface area contributed by atoms with E-state index in [-0.39, 0.29) is 16.6 Å². The molecule has 4 heterocycles. The van der Waals surface area contributed by atoms with Crippen LogP contribution in [0.3, 0.4) is 0 Å². The van der Waals surface area contributed by atoms with Crippen LogP contribution in [-0.2, 0) is 4.74 Å². The van der Waals surface area contributed by atoms with Crippen molar-refractivity contribution in [2.45, 2.75) is 106 Å². The fourth-order valence-electron chi connectivity index (χ4n) is 10.2. The molecule has 35 heavy (non-hydrogen) atoms. The third-order valence-electron chi connectivity index (χ3n) is 12.0. The van der Waals surface area contributed by atoms with Crippen molar-refractivity contribution in [1.82, 2.24) is 9.88 Å². The minimum absolute atomic E-state index is 0.0350. The Kier molecular flexibility index (Phi) is 3.72. The van der Waals surface area contributed by atoms with Gasteiger partial charge < -0.3 is 4.74 Å². The fourth-order valence-corrected chi connectivity index (χ4v) is 10.2. The summed E-state index contributed by atoms with van der Waals surface area (Å²) in [4.78, 5) is 7.27. The number of hydrogen-bond donors (Lipinski definition) is 0. The van der Waals surface area contributed by atoms with Crippen LogP contribution in [0.5, 0.6) is 0 Å². The van der Waals surface area contributed by atoms with Gasteiger partial charge in [-0.15, -0.1) is 0 Å². The number of nitrogens with zero attached hydrogens (tertiary/aromatic N) is 2. The van der Waals surface area contributed by atoms with Gasteiger partial charge in [0.25, 0.3) is 0 Å². The molecule has 4 aliphatic carbocycles. The lowest BCUT2D eigenvalue weighted by molar-refractivity contribution is -0.138. The number of allylic oxidation sites excluding steroid dienone is 1. The van der Waals surface area contributed by atoms with E-state index in [4.69, 9.17) is 4.74 Å². The molecule has 3 saturated carbocycles. The van der Waals surface area contributed by atoms with Crippen LogP contribution in [0, 0.1) is 11.3 Å². The summed E-state index contributed by atoms with van der Waals surface area (Å²) < 4.78 is 7.54. The van der Waals surface area contributed by atoms with E-state index in [1.807, 2.05) is 12.4 Å². The van der Waals surface area contributed by atoms with E-state index in [2.05, 4.69) is 53.2 Å². The zero-order valence-electron chi connectivity index (χ0n) is 20.9. The van der Waals surface area contributed by atoms with E-state index in [0.717, 1.165) is 18.1 Å². The minimum atomic E-state index is -0.0383. The van der Waals surface area contributed by atoms with Crippen molar-refractivity contribution in [2.75, 3.05) is 0 Å². The fraction of sp³-hybridized carbons (Fsp3) is 0.594. The average molecular weight is 465 g/mol. The Labute approximate surface area is 208 Å². The van der Waals surface area contributed by atoms with Gasteiger partial charge in [0.05, 0.1) is 11.2 Å². The molecule has 2 aromatic rings. The topological polar surface area (TPSA) is 25.1 Å². The summed E-state index contributed by atoms with van der Waals surface area (Å²) in [5.74, 6) is 1.22. The number of hydrogen-bond acceptors (Lipinski definition) is 3. The lowest BCUT2D eigenvalue weighted by Gasteiger charge is -2.54. The summed E-state index contributed by atoms with van der Waals surface area (Å²) in [6.07, 6.45) is 22.2. The van der Waals surface area contributed by atoms with Crippen LogP contribution in [0.15, 0.2) is 60.0 Å². The van der Waals surface area contributed by atoms with Crippen LogP contribution in [0.2, 0.25) is 0 Å². The third kappa shape index (κ3) is 2.43. The molecular weight excluding hydrogens is 428 g/mol. The molecule has 0 radical (unpaired) electrons. The van der Waals surface area contributed by atoms with Gasteiger partial charge in [0.2, 0.25) is 0 Å². The summed E-state index contributed by atoms with van der Waals surface area (Å²) in [5.41, 5.74) is 4.97. The van der Waals surface area contributed by atoms with Crippen LogP contribution in [-0.4, -0.2) is 39.2 Å². The number of likely N-dealkylation sites (tertiary alicyclic amines) is 1. The van der Waals surface area contributed by atoms with Gasteiger partial charge in [-0.2, -0.15) is 0 Å². The van der Waals surface area contributed by atoms with E-state index in [0.29, 0.717) is 11.8 Å². The SMILES string of the molecule is CC12CC=C3C=C4CCC(N5C6CCC65)C[C@]45CC[C@]3(O5)[C@@H]1CCC2c1ccc2ccncc2c1. The summed E-state index contributed by atoms with van der Waals surface area (Å²) in [6, 6.07) is 11.9. The zero-order chi connectivity index (χ0) is 23.0. The highest BCUT2D eigenvalue weighted by Crippen LogP contribution is 2.69. The van der Waals surface area contributed by atoms with Crippen molar-refractivity contribution in [3.05, 3.63) is 65.5 Å². The highest BCUT2D eigenvalue weighted by atomic mass is 16.5. The predicted molar refractivity (Wildman–Crippen MR) is 138 cm³/mol. The molecule has 5 fully saturated rings. The lowest BCUT2D eigenvalue weighted by atomic mass is 9.58. The first-order valence-corrected chi connectivity index (χ1v) is 14.3. The lowest BCUT2D eigenvalue weighted by Crippen LogP contribution is -2.54. The maximum absolute atomic E-state index is 7.54. The molecule has 3 aliphatic heterocycles.